The van der Waals surface area contributed by atoms with Gasteiger partial charge < -0.3 is 29.2 Å². The Balaban J connectivity index is 0.000000307. The van der Waals surface area contributed by atoms with Gasteiger partial charge in [-0.15, -0.1) is 0 Å². The second-order valence-corrected chi connectivity index (χ2v) is 10.6. The first kappa shape index (κ1) is 35.5. The van der Waals surface area contributed by atoms with E-state index in [1.807, 2.05) is 0 Å². The second-order valence-electron chi connectivity index (χ2n) is 10.6. The summed E-state index contributed by atoms with van der Waals surface area (Å²) in [5.41, 5.74) is 0.950. The summed E-state index contributed by atoms with van der Waals surface area (Å²) in [5, 5.41) is 17.7. The molecule has 0 fully saturated rings. The molecule has 1 aliphatic carbocycles. The number of carbonyl (C=O) groups is 2. The summed E-state index contributed by atoms with van der Waals surface area (Å²) in [6, 6.07) is 0. The predicted octanol–water partition coefficient (Wildman–Crippen LogP) is 1.86. The van der Waals surface area contributed by atoms with Crippen LogP contribution in [0.15, 0.2) is 32.3 Å². The molecule has 2 aromatic heterocycles. The fraction of sp³-hybridized carbons (Fsp3) is 0.633. The number of anilines is 1. The number of aromatic nitrogens is 4. The van der Waals surface area contributed by atoms with Crippen LogP contribution in [0.1, 0.15) is 64.7 Å². The Bertz CT molecular complexity index is 1460. The second kappa shape index (κ2) is 16.8. The third kappa shape index (κ3) is 8.23. The van der Waals surface area contributed by atoms with E-state index in [1.54, 1.807) is 37.5 Å². The molecular formula is C30H47N5O8. The van der Waals surface area contributed by atoms with Crippen molar-refractivity contribution in [3.8, 4) is 0 Å². The number of likely N-dealkylation sites (N-methyl/N-ethyl adjacent to an activating group) is 1. The topological polar surface area (TPSA) is 158 Å². The Morgan fingerprint density at radius 1 is 0.744 bits per heavy atom. The maximum Gasteiger partial charge on any atom is 0.332 e. The number of allylic oxidation sites excluding steroid dienone is 2. The summed E-state index contributed by atoms with van der Waals surface area (Å²) in [5.74, 6) is 0.0734. The Morgan fingerprint density at radius 3 is 1.81 bits per heavy atom. The van der Waals surface area contributed by atoms with Crippen molar-refractivity contribution in [2.45, 2.75) is 64.7 Å². The van der Waals surface area contributed by atoms with E-state index >= 15 is 0 Å². The summed E-state index contributed by atoms with van der Waals surface area (Å²) in [7, 11) is 9.25. The minimum Gasteiger partial charge on any atom is -0.489 e. The van der Waals surface area contributed by atoms with Gasteiger partial charge in [-0.05, 0) is 26.2 Å². The number of aryl methyl sites for hydroxylation is 2. The van der Waals surface area contributed by atoms with Crippen LogP contribution >= 0.6 is 0 Å². The molecule has 0 aliphatic heterocycles. The maximum absolute atomic E-state index is 12.5. The molecule has 0 radical (unpaired) electrons. The highest BCUT2D eigenvalue weighted by molar-refractivity contribution is 6.23. The summed E-state index contributed by atoms with van der Waals surface area (Å²) in [6.45, 7) is 2.34. The first-order valence-corrected chi connectivity index (χ1v) is 14.6. The molecule has 2 N–H and O–H groups in total. The number of rotatable bonds is 15. The number of ketones is 2. The van der Waals surface area contributed by atoms with Crippen LogP contribution in [-0.4, -0.2) is 81.5 Å². The van der Waals surface area contributed by atoms with Crippen molar-refractivity contribution in [1.82, 2.24) is 18.7 Å². The Kier molecular flexibility index (Phi) is 13.9. The molecule has 0 amide bonds. The summed E-state index contributed by atoms with van der Waals surface area (Å²) >= 11 is 0. The van der Waals surface area contributed by atoms with Crippen LogP contribution in [0, 0.1) is 0 Å². The van der Waals surface area contributed by atoms with Crippen molar-refractivity contribution in [1.29, 1.82) is 0 Å². The fourth-order valence-electron chi connectivity index (χ4n) is 5.07. The van der Waals surface area contributed by atoms with Crippen LogP contribution in [0.2, 0.25) is 0 Å². The van der Waals surface area contributed by atoms with Crippen LogP contribution in [0.5, 0.6) is 0 Å². The smallest absolute Gasteiger partial charge is 0.332 e. The predicted molar refractivity (Wildman–Crippen MR) is 164 cm³/mol. The number of imidazole rings is 1. The molecule has 0 aromatic carbocycles. The monoisotopic (exact) mass is 605 g/mol. The van der Waals surface area contributed by atoms with Crippen LogP contribution in [-0.2, 0) is 40.2 Å². The molecule has 240 valence electrons. The maximum atomic E-state index is 12.5. The minimum atomic E-state index is -0.410. The van der Waals surface area contributed by atoms with Gasteiger partial charge in [0.15, 0.2) is 11.2 Å². The number of nitrogens with zero attached hydrogens (tertiary/aromatic N) is 5. The minimum absolute atomic E-state index is 0.00614. The molecule has 0 unspecified atom stereocenters. The number of unbranched alkanes of at least 4 members (excludes halogenated alkanes) is 7. The van der Waals surface area contributed by atoms with Gasteiger partial charge in [-0.2, -0.15) is 4.98 Å². The van der Waals surface area contributed by atoms with Crippen molar-refractivity contribution in [3.63, 3.8) is 0 Å². The van der Waals surface area contributed by atoms with E-state index in [1.165, 1.54) is 45.1 Å². The quantitative estimate of drug-likeness (QED) is 0.227. The largest absolute Gasteiger partial charge is 0.489 e. The lowest BCUT2D eigenvalue weighted by Crippen LogP contribution is -2.37. The van der Waals surface area contributed by atoms with E-state index in [2.05, 4.69) is 4.98 Å². The Morgan fingerprint density at radius 2 is 1.28 bits per heavy atom. The molecule has 0 bridgehead atoms. The molecule has 0 saturated carbocycles. The molecule has 0 saturated heterocycles. The van der Waals surface area contributed by atoms with Gasteiger partial charge >= 0.3 is 5.69 Å². The lowest BCUT2D eigenvalue weighted by atomic mass is 9.89. The molecule has 2 heterocycles. The van der Waals surface area contributed by atoms with Gasteiger partial charge in [-0.1, -0.05) is 38.5 Å². The number of Topliss-reactive ketones (excluding diaryl/α,β-unsaturated/α-hetero) is 2. The zero-order chi connectivity index (χ0) is 32.3. The number of hydrogen-bond acceptors (Lipinski definition) is 10. The number of aliphatic hydroxyl groups is 2. The van der Waals surface area contributed by atoms with Crippen molar-refractivity contribution < 1.29 is 29.3 Å². The number of methoxy groups -OCH3 is 2. The first-order valence-electron chi connectivity index (χ1n) is 14.6. The fourth-order valence-corrected chi connectivity index (χ4v) is 5.07. The van der Waals surface area contributed by atoms with Crippen molar-refractivity contribution in [3.05, 3.63) is 43.5 Å². The van der Waals surface area contributed by atoms with Crippen LogP contribution < -0.4 is 16.1 Å². The number of aliphatic hydroxyl groups excluding tert-OH is 2. The number of hydrogen-bond donors (Lipinski definition) is 2. The van der Waals surface area contributed by atoms with Crippen molar-refractivity contribution in [2.24, 2.45) is 21.1 Å². The molecule has 2 aromatic rings. The van der Waals surface area contributed by atoms with E-state index < -0.39 is 5.69 Å². The molecule has 0 atom stereocenters. The highest BCUT2D eigenvalue weighted by atomic mass is 16.5. The molecule has 0 spiro atoms. The zero-order valence-corrected chi connectivity index (χ0v) is 26.6. The van der Waals surface area contributed by atoms with Crippen LogP contribution in [0.3, 0.4) is 0 Å². The lowest BCUT2D eigenvalue weighted by Gasteiger charge is -2.20. The van der Waals surface area contributed by atoms with Gasteiger partial charge in [0.05, 0.1) is 20.8 Å². The molecule has 13 nitrogen and oxygen atoms in total. The highest BCUT2D eigenvalue weighted by Gasteiger charge is 2.34. The average molecular weight is 606 g/mol. The number of ether oxygens (including phenoxy) is 2. The van der Waals surface area contributed by atoms with E-state index in [4.69, 9.17) is 19.7 Å². The van der Waals surface area contributed by atoms with E-state index in [0.717, 1.165) is 36.7 Å². The van der Waals surface area contributed by atoms with Gasteiger partial charge in [0, 0.05) is 52.5 Å². The van der Waals surface area contributed by atoms with Gasteiger partial charge in [0.25, 0.3) is 5.56 Å². The molecule has 43 heavy (non-hydrogen) atoms. The van der Waals surface area contributed by atoms with E-state index in [0.29, 0.717) is 41.2 Å². The highest BCUT2D eigenvalue weighted by Crippen LogP contribution is 2.29. The summed E-state index contributed by atoms with van der Waals surface area (Å²) < 4.78 is 14.1. The molecule has 1 aliphatic rings. The molecular weight excluding hydrogens is 558 g/mol. The SMILES string of the molecule is CN(CCO)c1nc2c(c(=O)n(C)c(=O)n2C)n1C.COC1=C(OC)C(=O)C(CCCCCCCCCCO)=C(C)C1=O. The van der Waals surface area contributed by atoms with Gasteiger partial charge in [0.2, 0.25) is 29.0 Å². The number of fused-ring (bicyclic) bond motifs is 1. The van der Waals surface area contributed by atoms with Gasteiger partial charge in [-0.3, -0.25) is 23.5 Å². The van der Waals surface area contributed by atoms with Gasteiger partial charge in [-0.25, -0.2) is 4.79 Å². The van der Waals surface area contributed by atoms with Crippen LogP contribution in [0.4, 0.5) is 5.95 Å². The standard InChI is InChI=1S/C19H30O5.C11H17N5O3/c1-14-15(12-10-8-6-4-5-7-9-11-13-20)17(22)19(24-3)18(23-2)16(14)21;1-13(5-6-17)10-12-8-7(14(10)2)9(18)16(4)11(19)15(8)3/h20H,4-13H2,1-3H3;17H,5-6H2,1-4H3. The summed E-state index contributed by atoms with van der Waals surface area (Å²) in [4.78, 5) is 54.7. The van der Waals surface area contributed by atoms with E-state index in [9.17, 15) is 19.2 Å². The van der Waals surface area contributed by atoms with Crippen molar-refractivity contribution in [2.75, 3.05) is 45.9 Å². The van der Waals surface area contributed by atoms with Crippen molar-refractivity contribution >= 4 is 28.7 Å². The van der Waals surface area contributed by atoms with Crippen LogP contribution in [0.25, 0.3) is 11.2 Å². The summed E-state index contributed by atoms with van der Waals surface area (Å²) in [6.07, 6.45) is 9.17. The average Bonchev–Trinajstić information content (AvgIpc) is 3.34. The lowest BCUT2D eigenvalue weighted by molar-refractivity contribution is -0.121. The Labute approximate surface area is 252 Å². The zero-order valence-electron chi connectivity index (χ0n) is 26.6. The Hall–Kier alpha value is -3.71. The molecule has 3 rings (SSSR count). The van der Waals surface area contributed by atoms with Gasteiger partial charge in [0.1, 0.15) is 0 Å². The van der Waals surface area contributed by atoms with E-state index in [-0.39, 0.29) is 41.9 Å². The number of carbonyl (C=O) groups excluding carboxylic acids is 2. The first-order chi connectivity index (χ1) is 20.5. The third-order valence-corrected chi connectivity index (χ3v) is 7.66. The molecule has 13 heteroatoms. The normalized spacial score (nSPS) is 13.5. The third-order valence-electron chi connectivity index (χ3n) is 7.66.